The molecule has 0 bridgehead atoms. The number of amides is 2. The van der Waals surface area contributed by atoms with Crippen LogP contribution >= 0.6 is 11.6 Å². The maximum Gasteiger partial charge on any atom is 0.326 e. The lowest BCUT2D eigenvalue weighted by Gasteiger charge is -2.17. The molecule has 0 radical (unpaired) electrons. The summed E-state index contributed by atoms with van der Waals surface area (Å²) in [5.41, 5.74) is 4.84. The van der Waals surface area contributed by atoms with Gasteiger partial charge < -0.3 is 31.0 Å². The zero-order valence-corrected chi connectivity index (χ0v) is 16.2. The number of furan rings is 1. The van der Waals surface area contributed by atoms with Crippen LogP contribution in [0.5, 0.6) is 0 Å². The molecule has 1 aromatic carbocycles. The number of nitrogens with two attached hydrogens (primary N) is 1. The first kappa shape index (κ1) is 23.1. The number of aliphatic hydroxyl groups is 1. The highest BCUT2D eigenvalue weighted by molar-refractivity contribution is 6.34. The quantitative estimate of drug-likeness (QED) is 0.291. The molecule has 2 amide bonds. The predicted molar refractivity (Wildman–Crippen MR) is 105 cm³/mol. The summed E-state index contributed by atoms with van der Waals surface area (Å²) >= 11 is 5.98. The number of nitrogens with one attached hydrogen (secondary N) is 2. The molecular formula is C19H19ClFN3O6. The number of hydrogen-bond donors (Lipinski definition) is 5. The molecule has 160 valence electrons. The zero-order valence-electron chi connectivity index (χ0n) is 15.5. The van der Waals surface area contributed by atoms with Gasteiger partial charge in [-0.1, -0.05) is 11.6 Å². The molecule has 0 aliphatic carbocycles. The van der Waals surface area contributed by atoms with Gasteiger partial charge in [0.05, 0.1) is 16.8 Å². The van der Waals surface area contributed by atoms with E-state index in [4.69, 9.17) is 32.0 Å². The fourth-order valence-corrected chi connectivity index (χ4v) is 2.75. The third kappa shape index (κ3) is 6.69. The predicted octanol–water partition coefficient (Wildman–Crippen LogP) is 1.25. The van der Waals surface area contributed by atoms with E-state index in [9.17, 15) is 18.8 Å². The van der Waals surface area contributed by atoms with Gasteiger partial charge in [-0.15, -0.1) is 0 Å². The van der Waals surface area contributed by atoms with Crippen LogP contribution in [0.1, 0.15) is 28.1 Å². The van der Waals surface area contributed by atoms with Gasteiger partial charge in [0.2, 0.25) is 5.91 Å². The van der Waals surface area contributed by atoms with Gasteiger partial charge >= 0.3 is 5.97 Å². The Morgan fingerprint density at radius 3 is 2.63 bits per heavy atom. The van der Waals surface area contributed by atoms with Crippen molar-refractivity contribution in [1.82, 2.24) is 10.6 Å². The van der Waals surface area contributed by atoms with E-state index in [1.807, 2.05) is 0 Å². The molecule has 0 fully saturated rings. The molecule has 1 aromatic heterocycles. The van der Waals surface area contributed by atoms with E-state index < -0.39 is 47.9 Å². The third-order valence-corrected chi connectivity index (χ3v) is 4.12. The van der Waals surface area contributed by atoms with E-state index >= 15 is 0 Å². The van der Waals surface area contributed by atoms with Crippen LogP contribution in [0, 0.1) is 5.82 Å². The lowest BCUT2D eigenvalue weighted by molar-refractivity contribution is -0.140. The Balaban J connectivity index is 2.04. The number of carboxylic acids is 1. The molecule has 2 rings (SSSR count). The Hall–Kier alpha value is -3.21. The highest BCUT2D eigenvalue weighted by atomic mass is 35.5. The van der Waals surface area contributed by atoms with Crippen LogP contribution in [0.15, 0.2) is 41.0 Å². The average Bonchev–Trinajstić information content (AvgIpc) is 3.16. The largest absolute Gasteiger partial charge is 0.480 e. The second kappa shape index (κ2) is 10.5. The van der Waals surface area contributed by atoms with Crippen LogP contribution in [0.4, 0.5) is 4.39 Å². The van der Waals surface area contributed by atoms with Crippen LogP contribution in [0.3, 0.4) is 0 Å². The van der Waals surface area contributed by atoms with Crippen molar-refractivity contribution >= 4 is 35.5 Å². The van der Waals surface area contributed by atoms with Gasteiger partial charge in [0, 0.05) is 19.0 Å². The van der Waals surface area contributed by atoms with E-state index in [0.717, 1.165) is 6.07 Å². The molecule has 0 saturated carbocycles. The fourth-order valence-electron chi connectivity index (χ4n) is 2.43. The van der Waals surface area contributed by atoms with Crippen LogP contribution in [-0.2, 0) is 16.1 Å². The molecule has 0 aliphatic rings. The van der Waals surface area contributed by atoms with Crippen molar-refractivity contribution in [2.45, 2.75) is 25.2 Å². The minimum Gasteiger partial charge on any atom is -0.480 e. The van der Waals surface area contributed by atoms with Crippen LogP contribution < -0.4 is 16.4 Å². The molecule has 0 aliphatic heterocycles. The number of carboxylic acid groups (broad SMARTS) is 1. The summed E-state index contributed by atoms with van der Waals surface area (Å²) in [6.45, 7) is -0.0724. The van der Waals surface area contributed by atoms with E-state index in [2.05, 4.69) is 10.6 Å². The van der Waals surface area contributed by atoms with Crippen LogP contribution in [0.2, 0.25) is 5.02 Å². The van der Waals surface area contributed by atoms with Crippen molar-refractivity contribution < 1.29 is 33.4 Å². The second-order valence-corrected chi connectivity index (χ2v) is 6.58. The van der Waals surface area contributed by atoms with Crippen LogP contribution in [-0.4, -0.2) is 40.3 Å². The molecular weight excluding hydrogens is 421 g/mol. The van der Waals surface area contributed by atoms with Gasteiger partial charge in [-0.2, -0.15) is 0 Å². The summed E-state index contributed by atoms with van der Waals surface area (Å²) in [6.07, 6.45) is 2.18. The topological polar surface area (TPSA) is 155 Å². The van der Waals surface area contributed by atoms with E-state index in [0.29, 0.717) is 5.76 Å². The molecule has 1 unspecified atom stereocenters. The summed E-state index contributed by atoms with van der Waals surface area (Å²) < 4.78 is 19.5. The molecule has 9 nitrogen and oxygen atoms in total. The Morgan fingerprint density at radius 2 is 2.07 bits per heavy atom. The molecule has 2 atom stereocenters. The minimum atomic E-state index is -1.53. The van der Waals surface area contributed by atoms with Crippen molar-refractivity contribution in [3.8, 4) is 0 Å². The Labute approximate surface area is 175 Å². The summed E-state index contributed by atoms with van der Waals surface area (Å²) in [5, 5.41) is 22.5. The number of hydrogen-bond acceptors (Lipinski definition) is 6. The summed E-state index contributed by atoms with van der Waals surface area (Å²) in [4.78, 5) is 35.2. The second-order valence-electron chi connectivity index (χ2n) is 6.17. The smallest absolute Gasteiger partial charge is 0.326 e. The first-order valence-electron chi connectivity index (χ1n) is 8.62. The van der Waals surface area contributed by atoms with E-state index in [1.165, 1.54) is 24.5 Å². The van der Waals surface area contributed by atoms with Crippen molar-refractivity contribution in [1.29, 1.82) is 0 Å². The maximum absolute atomic E-state index is 14.4. The van der Waals surface area contributed by atoms with Crippen molar-refractivity contribution in [2.24, 2.45) is 5.73 Å². The van der Waals surface area contributed by atoms with Gasteiger partial charge in [-0.05, 0) is 35.9 Å². The lowest BCUT2D eigenvalue weighted by Crippen LogP contribution is -2.44. The molecule has 0 saturated heterocycles. The van der Waals surface area contributed by atoms with Gasteiger partial charge in [0.1, 0.15) is 23.8 Å². The number of aliphatic carboxylic acids is 1. The van der Waals surface area contributed by atoms with Gasteiger partial charge in [-0.25, -0.2) is 9.18 Å². The highest BCUT2D eigenvalue weighted by Gasteiger charge is 2.25. The molecule has 2 aromatic rings. The Kier molecular flexibility index (Phi) is 8.10. The van der Waals surface area contributed by atoms with Crippen LogP contribution in [0.25, 0.3) is 6.08 Å². The van der Waals surface area contributed by atoms with E-state index in [1.54, 1.807) is 12.1 Å². The average molecular weight is 440 g/mol. The Bertz CT molecular complexity index is 923. The highest BCUT2D eigenvalue weighted by Crippen LogP contribution is 2.22. The fraction of sp³-hybridized carbons (Fsp3) is 0.211. The minimum absolute atomic E-state index is 0.0724. The molecule has 30 heavy (non-hydrogen) atoms. The number of halogens is 2. The maximum atomic E-state index is 14.4. The molecule has 11 heteroatoms. The third-order valence-electron chi connectivity index (χ3n) is 3.82. The SMILES string of the molecule is NC(O)C[C@H](NC(=O)c1c(F)cc(CNC(=O)/C=C/c2ccco2)cc1Cl)C(=O)O. The summed E-state index contributed by atoms with van der Waals surface area (Å²) in [5.74, 6) is -3.52. The molecule has 6 N–H and O–H groups in total. The van der Waals surface area contributed by atoms with Crippen molar-refractivity contribution in [3.63, 3.8) is 0 Å². The standard InChI is InChI=1S/C19H19ClFN3O6/c20-12-6-10(9-23-16(26)4-3-11-2-1-5-30-11)7-13(21)17(12)18(27)24-14(19(28)29)8-15(22)25/h1-7,14-15,25H,8-9,22H2,(H,23,26)(H,24,27)(H,28,29)/b4-3+/t14-,15?/m0/s1. The number of carbonyl (C=O) groups is 3. The molecule has 1 heterocycles. The number of aliphatic hydroxyl groups excluding tert-OH is 1. The zero-order chi connectivity index (χ0) is 22.3. The summed E-state index contributed by atoms with van der Waals surface area (Å²) in [7, 11) is 0. The van der Waals surface area contributed by atoms with Gasteiger partial charge in [0.15, 0.2) is 0 Å². The number of benzene rings is 1. The summed E-state index contributed by atoms with van der Waals surface area (Å²) in [6, 6.07) is 4.05. The normalized spacial score (nSPS) is 13.1. The Morgan fingerprint density at radius 1 is 1.33 bits per heavy atom. The van der Waals surface area contributed by atoms with Crippen molar-refractivity contribution in [3.05, 3.63) is 64.3 Å². The monoisotopic (exact) mass is 439 g/mol. The number of rotatable bonds is 9. The van der Waals surface area contributed by atoms with Crippen molar-refractivity contribution in [2.75, 3.05) is 0 Å². The van der Waals surface area contributed by atoms with Gasteiger partial charge in [0.25, 0.3) is 5.91 Å². The van der Waals surface area contributed by atoms with E-state index in [-0.39, 0.29) is 17.1 Å². The number of carbonyl (C=O) groups excluding carboxylic acids is 2. The lowest BCUT2D eigenvalue weighted by atomic mass is 10.1. The van der Waals surface area contributed by atoms with Gasteiger partial charge in [-0.3, -0.25) is 9.59 Å². The first-order chi connectivity index (χ1) is 14.2. The molecule has 0 spiro atoms. The first-order valence-corrected chi connectivity index (χ1v) is 8.99.